The van der Waals surface area contributed by atoms with Crippen LogP contribution in [0.4, 0.5) is 0 Å². The zero-order valence-electron chi connectivity index (χ0n) is 15.8. The maximum Gasteiger partial charge on any atom is 0.330 e. The summed E-state index contributed by atoms with van der Waals surface area (Å²) < 4.78 is 56.9. The number of carbonyl (C=O) groups excluding carboxylic acids is 1. The second kappa shape index (κ2) is 18.3. The average molecular weight is 414 g/mol. The van der Waals surface area contributed by atoms with Gasteiger partial charge in [0.05, 0.1) is 78.9 Å². The molecule has 0 saturated heterocycles. The number of ether oxygens (including phenoxy) is 6. The summed E-state index contributed by atoms with van der Waals surface area (Å²) in [5, 5.41) is 0. The van der Waals surface area contributed by atoms with Gasteiger partial charge in [-0.2, -0.15) is 8.42 Å². The summed E-state index contributed by atoms with van der Waals surface area (Å²) in [6.07, 6.45) is 2.09. The lowest BCUT2D eigenvalue weighted by atomic mass is 10.6. The molecule has 0 unspecified atom stereocenters. The number of esters is 1. The van der Waals surface area contributed by atoms with Crippen LogP contribution in [-0.2, 0) is 47.5 Å². The van der Waals surface area contributed by atoms with Crippen LogP contribution in [0.1, 0.15) is 0 Å². The largest absolute Gasteiger partial charge is 0.460 e. The molecule has 0 heterocycles. The predicted octanol–water partition coefficient (Wildman–Crippen LogP) is -0.225. The zero-order chi connectivity index (χ0) is 20.2. The van der Waals surface area contributed by atoms with Crippen molar-refractivity contribution in [3.05, 3.63) is 12.7 Å². The Hall–Kier alpha value is -1.08. The standard InChI is InChI=1S/C16H30O10S/c1-3-16(17)25-14-12-23-10-8-21-6-4-20-5-7-22-9-11-24-13-15-26-27(2,18)19/h3H,1,4-15H2,2H3. The molecule has 0 atom stereocenters. The van der Waals surface area contributed by atoms with Gasteiger partial charge in [-0.1, -0.05) is 6.58 Å². The molecule has 0 N–H and O–H groups in total. The summed E-state index contributed by atoms with van der Waals surface area (Å²) >= 11 is 0. The highest BCUT2D eigenvalue weighted by Crippen LogP contribution is 1.88. The molecule has 0 bridgehead atoms. The molecule has 0 spiro atoms. The number of carbonyl (C=O) groups is 1. The molecule has 0 fully saturated rings. The fourth-order valence-electron chi connectivity index (χ4n) is 1.49. The molecular weight excluding hydrogens is 384 g/mol. The van der Waals surface area contributed by atoms with Crippen molar-refractivity contribution in [2.45, 2.75) is 0 Å². The van der Waals surface area contributed by atoms with E-state index in [2.05, 4.69) is 10.8 Å². The first-order valence-electron chi connectivity index (χ1n) is 8.48. The van der Waals surface area contributed by atoms with E-state index in [1.807, 2.05) is 0 Å². The van der Waals surface area contributed by atoms with Gasteiger partial charge in [0.25, 0.3) is 10.1 Å². The van der Waals surface area contributed by atoms with Gasteiger partial charge in [0, 0.05) is 6.08 Å². The van der Waals surface area contributed by atoms with Crippen molar-refractivity contribution >= 4 is 16.1 Å². The summed E-state index contributed by atoms with van der Waals surface area (Å²) in [5.41, 5.74) is 0. The SMILES string of the molecule is C=CC(=O)OCCOCCOCCOCCOCCOCCOS(C)(=O)=O. The third-order valence-corrected chi connectivity index (χ3v) is 3.25. The van der Waals surface area contributed by atoms with Gasteiger partial charge in [0.15, 0.2) is 0 Å². The molecule has 11 heteroatoms. The zero-order valence-corrected chi connectivity index (χ0v) is 16.6. The average Bonchev–Trinajstić information content (AvgIpc) is 2.62. The number of hydrogen-bond acceptors (Lipinski definition) is 10. The fourth-order valence-corrected chi connectivity index (χ4v) is 1.86. The molecule has 0 aliphatic carbocycles. The number of hydrogen-bond donors (Lipinski definition) is 0. The van der Waals surface area contributed by atoms with Crippen molar-refractivity contribution in [2.24, 2.45) is 0 Å². The van der Waals surface area contributed by atoms with E-state index in [1.54, 1.807) is 0 Å². The molecule has 0 radical (unpaired) electrons. The van der Waals surface area contributed by atoms with Crippen molar-refractivity contribution in [3.63, 3.8) is 0 Å². The quantitative estimate of drug-likeness (QED) is 0.114. The van der Waals surface area contributed by atoms with Gasteiger partial charge in [-0.3, -0.25) is 4.18 Å². The summed E-state index contributed by atoms with van der Waals surface area (Å²) in [6.45, 7) is 7.29. The second-order valence-electron chi connectivity index (χ2n) is 4.96. The lowest BCUT2D eigenvalue weighted by molar-refractivity contribution is -0.139. The highest BCUT2D eigenvalue weighted by atomic mass is 32.2. The van der Waals surface area contributed by atoms with Crippen molar-refractivity contribution < 1.29 is 45.8 Å². The van der Waals surface area contributed by atoms with E-state index in [1.165, 1.54) is 0 Å². The second-order valence-corrected chi connectivity index (χ2v) is 6.60. The van der Waals surface area contributed by atoms with Crippen LogP contribution in [0.3, 0.4) is 0 Å². The Balaban J connectivity index is 3.09. The molecule has 0 rings (SSSR count). The van der Waals surface area contributed by atoms with Crippen LogP contribution in [0.5, 0.6) is 0 Å². The third kappa shape index (κ3) is 22.9. The smallest absolute Gasteiger partial charge is 0.330 e. The Morgan fingerprint density at radius 2 is 1.04 bits per heavy atom. The first-order valence-corrected chi connectivity index (χ1v) is 10.3. The van der Waals surface area contributed by atoms with Crippen LogP contribution in [0.2, 0.25) is 0 Å². The molecule has 10 nitrogen and oxygen atoms in total. The van der Waals surface area contributed by atoms with Gasteiger partial charge in [-0.25, -0.2) is 4.79 Å². The van der Waals surface area contributed by atoms with E-state index < -0.39 is 16.1 Å². The lowest BCUT2D eigenvalue weighted by Gasteiger charge is -2.08. The molecule has 0 aromatic rings. The van der Waals surface area contributed by atoms with E-state index in [-0.39, 0.29) is 19.8 Å². The van der Waals surface area contributed by atoms with E-state index in [0.29, 0.717) is 59.5 Å². The number of rotatable bonds is 20. The Morgan fingerprint density at radius 1 is 0.704 bits per heavy atom. The maximum absolute atomic E-state index is 10.7. The maximum atomic E-state index is 10.7. The van der Waals surface area contributed by atoms with Gasteiger partial charge in [-0.05, 0) is 0 Å². The predicted molar refractivity (Wildman–Crippen MR) is 96.0 cm³/mol. The molecule has 0 aromatic heterocycles. The minimum atomic E-state index is -3.41. The van der Waals surface area contributed by atoms with E-state index in [0.717, 1.165) is 12.3 Å². The molecule has 0 aromatic carbocycles. The molecular formula is C16H30O10S. The van der Waals surface area contributed by atoms with Crippen molar-refractivity contribution in [1.29, 1.82) is 0 Å². The van der Waals surface area contributed by atoms with Crippen LogP contribution < -0.4 is 0 Å². The van der Waals surface area contributed by atoms with E-state index in [4.69, 9.17) is 28.4 Å². The van der Waals surface area contributed by atoms with Crippen LogP contribution >= 0.6 is 0 Å². The summed E-state index contributed by atoms with van der Waals surface area (Å²) in [6, 6.07) is 0. The van der Waals surface area contributed by atoms with Crippen LogP contribution in [0.15, 0.2) is 12.7 Å². The van der Waals surface area contributed by atoms with Crippen molar-refractivity contribution in [1.82, 2.24) is 0 Å². The normalized spacial score (nSPS) is 11.4. The molecule has 0 amide bonds. The topological polar surface area (TPSA) is 116 Å². The monoisotopic (exact) mass is 414 g/mol. The lowest BCUT2D eigenvalue weighted by Crippen LogP contribution is -2.15. The van der Waals surface area contributed by atoms with Crippen LogP contribution in [0.25, 0.3) is 0 Å². The van der Waals surface area contributed by atoms with Crippen molar-refractivity contribution in [3.8, 4) is 0 Å². The first kappa shape index (κ1) is 25.9. The summed E-state index contributed by atoms with van der Waals surface area (Å²) in [4.78, 5) is 10.7. The Labute approximate surface area is 160 Å². The summed E-state index contributed by atoms with van der Waals surface area (Å²) in [7, 11) is -3.41. The van der Waals surface area contributed by atoms with Crippen LogP contribution in [0, 0.1) is 0 Å². The molecule has 0 aliphatic rings. The Bertz CT molecular complexity index is 466. The minimum absolute atomic E-state index is 0.00422. The van der Waals surface area contributed by atoms with Gasteiger partial charge >= 0.3 is 5.97 Å². The molecule has 0 saturated carbocycles. The minimum Gasteiger partial charge on any atom is -0.460 e. The third-order valence-electron chi connectivity index (χ3n) is 2.65. The summed E-state index contributed by atoms with van der Waals surface area (Å²) in [5.74, 6) is -0.470. The molecule has 0 aliphatic heterocycles. The Kier molecular flexibility index (Phi) is 17.6. The van der Waals surface area contributed by atoms with Gasteiger partial charge in [0.1, 0.15) is 6.61 Å². The highest BCUT2D eigenvalue weighted by molar-refractivity contribution is 7.85. The van der Waals surface area contributed by atoms with Crippen molar-refractivity contribution in [2.75, 3.05) is 85.5 Å². The molecule has 27 heavy (non-hydrogen) atoms. The van der Waals surface area contributed by atoms with Gasteiger partial charge in [-0.15, -0.1) is 0 Å². The van der Waals surface area contributed by atoms with Gasteiger partial charge < -0.3 is 28.4 Å². The highest BCUT2D eigenvalue weighted by Gasteiger charge is 2.00. The first-order chi connectivity index (χ1) is 13.0. The van der Waals surface area contributed by atoms with E-state index in [9.17, 15) is 13.2 Å². The van der Waals surface area contributed by atoms with Crippen LogP contribution in [-0.4, -0.2) is 99.9 Å². The van der Waals surface area contributed by atoms with E-state index >= 15 is 0 Å². The van der Waals surface area contributed by atoms with Gasteiger partial charge in [0.2, 0.25) is 0 Å². The fraction of sp³-hybridized carbons (Fsp3) is 0.812. The Morgan fingerprint density at radius 3 is 1.37 bits per heavy atom. The molecule has 160 valence electrons.